The number of anilines is 2. The first-order valence-electron chi connectivity index (χ1n) is 10.8. The Bertz CT molecular complexity index is 1230. The third-order valence-corrected chi connectivity index (χ3v) is 6.79. The van der Waals surface area contributed by atoms with Crippen molar-refractivity contribution in [2.45, 2.75) is 52.0 Å². The van der Waals surface area contributed by atoms with E-state index in [2.05, 4.69) is 10.0 Å². The van der Waals surface area contributed by atoms with E-state index in [1.165, 1.54) is 12.1 Å². The molecule has 1 atom stereocenters. The zero-order chi connectivity index (χ0) is 24.2. The molecule has 0 aliphatic rings. The second-order valence-corrected chi connectivity index (χ2v) is 9.85. The summed E-state index contributed by atoms with van der Waals surface area (Å²) in [5, 5.41) is 2.81. The van der Waals surface area contributed by atoms with E-state index >= 15 is 0 Å². The van der Waals surface area contributed by atoms with Crippen molar-refractivity contribution in [3.63, 3.8) is 0 Å². The topological polar surface area (TPSA) is 84.5 Å². The number of amides is 1. The van der Waals surface area contributed by atoms with E-state index in [4.69, 9.17) is 4.74 Å². The van der Waals surface area contributed by atoms with Gasteiger partial charge in [0.25, 0.3) is 15.9 Å². The maximum absolute atomic E-state index is 12.8. The van der Waals surface area contributed by atoms with E-state index < -0.39 is 16.1 Å². The highest BCUT2D eigenvalue weighted by molar-refractivity contribution is 7.92. The summed E-state index contributed by atoms with van der Waals surface area (Å²) in [7, 11) is -3.76. The lowest BCUT2D eigenvalue weighted by Gasteiger charge is -2.19. The lowest BCUT2D eigenvalue weighted by atomic mass is 10.1. The van der Waals surface area contributed by atoms with Crippen molar-refractivity contribution in [2.75, 3.05) is 10.0 Å². The molecule has 0 saturated heterocycles. The van der Waals surface area contributed by atoms with E-state index in [1.54, 1.807) is 12.1 Å². The molecular weight excluding hydrogens is 436 g/mol. The van der Waals surface area contributed by atoms with Gasteiger partial charge >= 0.3 is 0 Å². The first-order chi connectivity index (χ1) is 15.6. The molecular formula is C26H30N2O4S. The van der Waals surface area contributed by atoms with E-state index in [9.17, 15) is 13.2 Å². The van der Waals surface area contributed by atoms with Crippen molar-refractivity contribution < 1.29 is 17.9 Å². The van der Waals surface area contributed by atoms with Crippen LogP contribution in [0.4, 0.5) is 11.4 Å². The standard InChI is InChI=1S/C26H30N2O4S/c1-6-23(32-24-16-17(2)10-11-18(24)3)26(29)27-21-12-14-22(15-13-21)33(30,31)28-25-19(4)8-7-9-20(25)5/h7-16,23,28H,6H2,1-5H3,(H,27,29)/t23-/m0/s1. The predicted octanol–water partition coefficient (Wildman–Crippen LogP) is 5.52. The molecule has 0 heterocycles. The van der Waals surface area contributed by atoms with Crippen molar-refractivity contribution in [1.29, 1.82) is 0 Å². The Morgan fingerprint density at radius 1 is 0.909 bits per heavy atom. The molecule has 33 heavy (non-hydrogen) atoms. The van der Waals surface area contributed by atoms with Crippen molar-refractivity contribution in [1.82, 2.24) is 0 Å². The van der Waals surface area contributed by atoms with Gasteiger partial charge < -0.3 is 10.1 Å². The van der Waals surface area contributed by atoms with Crippen LogP contribution in [0, 0.1) is 27.7 Å². The van der Waals surface area contributed by atoms with E-state index in [0.717, 1.165) is 22.3 Å². The molecule has 0 aromatic heterocycles. The van der Waals surface area contributed by atoms with Gasteiger partial charge in [-0.3, -0.25) is 9.52 Å². The van der Waals surface area contributed by atoms with E-state index in [0.29, 0.717) is 23.5 Å². The molecule has 0 fully saturated rings. The van der Waals surface area contributed by atoms with Crippen molar-refractivity contribution in [3.8, 4) is 5.75 Å². The largest absolute Gasteiger partial charge is 0.480 e. The van der Waals surface area contributed by atoms with Gasteiger partial charge in [0.1, 0.15) is 5.75 Å². The molecule has 2 N–H and O–H groups in total. The summed E-state index contributed by atoms with van der Waals surface area (Å²) in [6, 6.07) is 17.5. The fraction of sp³-hybridized carbons (Fsp3) is 0.269. The van der Waals surface area contributed by atoms with Crippen molar-refractivity contribution in [2.24, 2.45) is 0 Å². The fourth-order valence-electron chi connectivity index (χ4n) is 3.42. The van der Waals surface area contributed by atoms with Crippen molar-refractivity contribution in [3.05, 3.63) is 82.9 Å². The number of hydrogen-bond acceptors (Lipinski definition) is 4. The van der Waals surface area contributed by atoms with Gasteiger partial charge in [-0.05, 0) is 86.7 Å². The maximum atomic E-state index is 12.8. The molecule has 7 heteroatoms. The van der Waals surface area contributed by atoms with E-state index in [-0.39, 0.29) is 10.8 Å². The molecule has 3 aromatic carbocycles. The zero-order valence-electron chi connectivity index (χ0n) is 19.6. The summed E-state index contributed by atoms with van der Waals surface area (Å²) in [4.78, 5) is 12.9. The van der Waals surface area contributed by atoms with Gasteiger partial charge in [-0.1, -0.05) is 37.3 Å². The smallest absolute Gasteiger partial charge is 0.265 e. The van der Waals surface area contributed by atoms with Crippen LogP contribution in [0.5, 0.6) is 5.75 Å². The Labute approximate surface area is 196 Å². The van der Waals surface area contributed by atoms with Crippen LogP contribution in [-0.4, -0.2) is 20.4 Å². The normalized spacial score (nSPS) is 12.2. The first-order valence-corrected chi connectivity index (χ1v) is 12.3. The molecule has 0 radical (unpaired) electrons. The lowest BCUT2D eigenvalue weighted by Crippen LogP contribution is -2.32. The molecule has 6 nitrogen and oxygen atoms in total. The summed E-state index contributed by atoms with van der Waals surface area (Å²) in [5.41, 5.74) is 4.77. The fourth-order valence-corrected chi connectivity index (χ4v) is 4.62. The molecule has 174 valence electrons. The quantitative estimate of drug-likeness (QED) is 0.458. The molecule has 0 bridgehead atoms. The average molecular weight is 467 g/mol. The molecule has 0 spiro atoms. The molecule has 3 aromatic rings. The number of carbonyl (C=O) groups excluding carboxylic acids is 1. The Hall–Kier alpha value is -3.32. The first kappa shape index (κ1) is 24.3. The van der Waals surface area contributed by atoms with Gasteiger partial charge in [0.2, 0.25) is 0 Å². The van der Waals surface area contributed by atoms with Crippen LogP contribution in [0.3, 0.4) is 0 Å². The van der Waals surface area contributed by atoms with Crippen molar-refractivity contribution >= 4 is 27.3 Å². The summed E-state index contributed by atoms with van der Waals surface area (Å²) < 4.78 is 34.3. The van der Waals surface area contributed by atoms with Gasteiger partial charge in [-0.2, -0.15) is 0 Å². The monoisotopic (exact) mass is 466 g/mol. The maximum Gasteiger partial charge on any atom is 0.265 e. The zero-order valence-corrected chi connectivity index (χ0v) is 20.4. The van der Waals surface area contributed by atoms with Gasteiger partial charge in [-0.15, -0.1) is 0 Å². The molecule has 1 amide bonds. The average Bonchev–Trinajstić information content (AvgIpc) is 2.77. The highest BCUT2D eigenvalue weighted by Crippen LogP contribution is 2.25. The van der Waals surface area contributed by atoms with Crippen LogP contribution >= 0.6 is 0 Å². The Morgan fingerprint density at radius 2 is 1.55 bits per heavy atom. The number of hydrogen-bond donors (Lipinski definition) is 2. The molecule has 0 aliphatic heterocycles. The highest BCUT2D eigenvalue weighted by Gasteiger charge is 2.21. The molecule has 0 saturated carbocycles. The number of ether oxygens (including phenoxy) is 1. The van der Waals surface area contributed by atoms with E-state index in [1.807, 2.05) is 71.0 Å². The predicted molar refractivity (Wildman–Crippen MR) is 132 cm³/mol. The van der Waals surface area contributed by atoms with Crippen LogP contribution in [0.15, 0.2) is 65.6 Å². The number of para-hydroxylation sites is 1. The molecule has 0 aliphatic carbocycles. The third kappa shape index (κ3) is 5.93. The third-order valence-electron chi connectivity index (χ3n) is 5.43. The summed E-state index contributed by atoms with van der Waals surface area (Å²) in [5.74, 6) is 0.388. The Morgan fingerprint density at radius 3 is 2.15 bits per heavy atom. The van der Waals surface area contributed by atoms with Crippen LogP contribution in [0.1, 0.15) is 35.6 Å². The molecule has 0 unspecified atom stereocenters. The summed E-state index contributed by atoms with van der Waals surface area (Å²) in [6.07, 6.45) is -0.176. The number of rotatable bonds is 8. The minimum Gasteiger partial charge on any atom is -0.480 e. The second kappa shape index (κ2) is 10.1. The lowest BCUT2D eigenvalue weighted by molar-refractivity contribution is -0.122. The summed E-state index contributed by atoms with van der Waals surface area (Å²) in [6.45, 7) is 9.50. The highest BCUT2D eigenvalue weighted by atomic mass is 32.2. The Balaban J connectivity index is 1.71. The number of aryl methyl sites for hydroxylation is 4. The van der Waals surface area contributed by atoms with Gasteiger partial charge in [0.15, 0.2) is 6.10 Å². The second-order valence-electron chi connectivity index (χ2n) is 8.17. The minimum atomic E-state index is -3.76. The number of benzene rings is 3. The SMILES string of the molecule is CC[C@H](Oc1cc(C)ccc1C)C(=O)Nc1ccc(S(=O)(=O)Nc2c(C)cccc2C)cc1. The Kier molecular flexibility index (Phi) is 7.43. The van der Waals surface area contributed by atoms with Gasteiger partial charge in [-0.25, -0.2) is 8.42 Å². The molecule has 3 rings (SSSR count). The van der Waals surface area contributed by atoms with Gasteiger partial charge in [0.05, 0.1) is 10.6 Å². The number of nitrogens with one attached hydrogen (secondary N) is 2. The van der Waals surface area contributed by atoms with Crippen LogP contribution < -0.4 is 14.8 Å². The minimum absolute atomic E-state index is 0.113. The number of sulfonamides is 1. The van der Waals surface area contributed by atoms with Crippen LogP contribution in [-0.2, 0) is 14.8 Å². The van der Waals surface area contributed by atoms with Gasteiger partial charge in [0, 0.05) is 5.69 Å². The van der Waals surface area contributed by atoms with Crippen LogP contribution in [0.25, 0.3) is 0 Å². The number of carbonyl (C=O) groups is 1. The van der Waals surface area contributed by atoms with Crippen LogP contribution in [0.2, 0.25) is 0 Å². The summed E-state index contributed by atoms with van der Waals surface area (Å²) >= 11 is 0.